The van der Waals surface area contributed by atoms with Crippen molar-refractivity contribution in [3.8, 4) is 5.69 Å². The lowest BCUT2D eigenvalue weighted by molar-refractivity contribution is 0.0988. The first-order valence-corrected chi connectivity index (χ1v) is 6.86. The zero-order valence-electron chi connectivity index (χ0n) is 12.2. The molecule has 7 nitrogen and oxygen atoms in total. The summed E-state index contributed by atoms with van der Waals surface area (Å²) in [4.78, 5) is 12.1. The van der Waals surface area contributed by atoms with Gasteiger partial charge in [-0.05, 0) is 30.2 Å². The van der Waals surface area contributed by atoms with Gasteiger partial charge in [0.1, 0.15) is 12.7 Å². The summed E-state index contributed by atoms with van der Waals surface area (Å²) < 4.78 is 6.83. The Morgan fingerprint density at radius 2 is 1.86 bits per heavy atom. The van der Waals surface area contributed by atoms with Crippen molar-refractivity contribution in [3.63, 3.8) is 0 Å². The molecule has 7 heteroatoms. The van der Waals surface area contributed by atoms with Gasteiger partial charge in [0, 0.05) is 17.4 Å². The smallest absolute Gasteiger partial charge is 0.294 e. The van der Waals surface area contributed by atoms with E-state index in [-0.39, 0.29) is 17.6 Å². The van der Waals surface area contributed by atoms with Crippen LogP contribution >= 0.6 is 0 Å². The van der Waals surface area contributed by atoms with Crippen LogP contribution in [0.1, 0.15) is 36.0 Å². The third kappa shape index (κ3) is 2.88. The summed E-state index contributed by atoms with van der Waals surface area (Å²) in [6.07, 6.45) is 3.21. The van der Waals surface area contributed by atoms with Crippen LogP contribution in [0.5, 0.6) is 0 Å². The maximum absolute atomic E-state index is 12.1. The highest BCUT2D eigenvalue weighted by molar-refractivity contribution is 6.02. The Morgan fingerprint density at radius 1 is 1.18 bits per heavy atom. The Bertz CT molecular complexity index is 760. The van der Waals surface area contributed by atoms with Crippen LogP contribution < -0.4 is 5.32 Å². The molecular formula is C15H15N5O2. The molecule has 0 aliphatic rings. The summed E-state index contributed by atoms with van der Waals surface area (Å²) in [6.45, 7) is 3.98. The van der Waals surface area contributed by atoms with Gasteiger partial charge in [-0.15, -0.1) is 10.2 Å². The molecule has 2 aromatic heterocycles. The number of carbonyl (C=O) groups excluding carboxylic acids is 1. The summed E-state index contributed by atoms with van der Waals surface area (Å²) in [5, 5.41) is 14.1. The molecular weight excluding hydrogens is 282 g/mol. The van der Waals surface area contributed by atoms with Crippen molar-refractivity contribution >= 4 is 11.6 Å². The summed E-state index contributed by atoms with van der Waals surface area (Å²) in [5.74, 6) is 0.0939. The quantitative estimate of drug-likeness (QED) is 0.800. The molecule has 0 aliphatic carbocycles. The molecule has 0 bridgehead atoms. The Hall–Kier alpha value is -2.96. The van der Waals surface area contributed by atoms with E-state index in [0.29, 0.717) is 5.69 Å². The van der Waals surface area contributed by atoms with Crippen LogP contribution in [0, 0.1) is 0 Å². The lowest BCUT2D eigenvalue weighted by Crippen LogP contribution is -2.10. The van der Waals surface area contributed by atoms with Crippen molar-refractivity contribution in [1.82, 2.24) is 19.9 Å². The molecule has 0 fully saturated rings. The fraction of sp³-hybridized carbons (Fsp3) is 0.200. The number of benzene rings is 1. The highest BCUT2D eigenvalue weighted by Crippen LogP contribution is 2.17. The molecule has 0 aliphatic heterocycles. The number of aromatic nitrogens is 4. The van der Waals surface area contributed by atoms with Crippen LogP contribution in [0.25, 0.3) is 5.69 Å². The number of nitrogens with one attached hydrogen (secondary N) is 1. The van der Waals surface area contributed by atoms with Gasteiger partial charge in [-0.3, -0.25) is 9.36 Å². The normalized spacial score (nSPS) is 10.9. The predicted molar refractivity (Wildman–Crippen MR) is 79.9 cm³/mol. The number of carbonyl (C=O) groups is 1. The average Bonchev–Trinajstić information content (AvgIpc) is 3.20. The van der Waals surface area contributed by atoms with E-state index in [1.165, 1.54) is 0 Å². The van der Waals surface area contributed by atoms with E-state index in [2.05, 4.69) is 20.7 Å². The van der Waals surface area contributed by atoms with E-state index >= 15 is 0 Å². The van der Waals surface area contributed by atoms with E-state index < -0.39 is 0 Å². The van der Waals surface area contributed by atoms with Gasteiger partial charge in [0.2, 0.25) is 5.76 Å². The SMILES string of the molecule is CC(C)c1cc(C(=O)Nc2ccc(-n3cnnc3)cc2)on1. The molecule has 0 spiro atoms. The molecule has 3 aromatic rings. The molecule has 0 saturated carbocycles. The van der Waals surface area contributed by atoms with Crippen LogP contribution in [0.15, 0.2) is 47.5 Å². The molecule has 1 amide bonds. The number of anilines is 1. The molecule has 2 heterocycles. The minimum atomic E-state index is -0.323. The van der Waals surface area contributed by atoms with Gasteiger partial charge < -0.3 is 9.84 Å². The van der Waals surface area contributed by atoms with Gasteiger partial charge >= 0.3 is 0 Å². The van der Waals surface area contributed by atoms with Crippen LogP contribution in [0.2, 0.25) is 0 Å². The molecule has 112 valence electrons. The Kier molecular flexibility index (Phi) is 3.69. The average molecular weight is 297 g/mol. The van der Waals surface area contributed by atoms with E-state index in [1.54, 1.807) is 35.4 Å². The van der Waals surface area contributed by atoms with E-state index in [9.17, 15) is 4.79 Å². The predicted octanol–water partition coefficient (Wildman–Crippen LogP) is 2.63. The van der Waals surface area contributed by atoms with Gasteiger partial charge in [-0.25, -0.2) is 0 Å². The molecule has 0 radical (unpaired) electrons. The van der Waals surface area contributed by atoms with Gasteiger partial charge in [-0.1, -0.05) is 19.0 Å². The molecule has 0 saturated heterocycles. The number of hydrogen-bond donors (Lipinski definition) is 1. The minimum Gasteiger partial charge on any atom is -0.351 e. The second-order valence-electron chi connectivity index (χ2n) is 5.14. The third-order valence-electron chi connectivity index (χ3n) is 3.19. The van der Waals surface area contributed by atoms with Crippen LogP contribution in [0.3, 0.4) is 0 Å². The molecule has 3 rings (SSSR count). The lowest BCUT2D eigenvalue weighted by atomic mass is 10.1. The van der Waals surface area contributed by atoms with Crippen molar-refractivity contribution < 1.29 is 9.32 Å². The van der Waals surface area contributed by atoms with Gasteiger partial charge in [0.05, 0.1) is 5.69 Å². The largest absolute Gasteiger partial charge is 0.351 e. The molecule has 0 atom stereocenters. The molecule has 0 unspecified atom stereocenters. The second kappa shape index (κ2) is 5.80. The van der Waals surface area contributed by atoms with E-state index in [1.807, 2.05) is 26.0 Å². The zero-order valence-corrected chi connectivity index (χ0v) is 12.2. The van der Waals surface area contributed by atoms with Gasteiger partial charge in [0.25, 0.3) is 5.91 Å². The van der Waals surface area contributed by atoms with Crippen molar-refractivity contribution in [2.24, 2.45) is 0 Å². The minimum absolute atomic E-state index is 0.201. The number of rotatable bonds is 4. The van der Waals surface area contributed by atoms with Crippen LogP contribution in [-0.4, -0.2) is 25.8 Å². The Labute approximate surface area is 127 Å². The number of nitrogens with zero attached hydrogens (tertiary/aromatic N) is 4. The third-order valence-corrected chi connectivity index (χ3v) is 3.19. The zero-order chi connectivity index (χ0) is 15.5. The Morgan fingerprint density at radius 3 is 2.45 bits per heavy atom. The van der Waals surface area contributed by atoms with Crippen molar-refractivity contribution in [3.05, 3.63) is 54.4 Å². The van der Waals surface area contributed by atoms with Crippen LogP contribution in [-0.2, 0) is 0 Å². The first kappa shape index (κ1) is 14.0. The Balaban J connectivity index is 1.71. The first-order valence-electron chi connectivity index (χ1n) is 6.86. The van der Waals surface area contributed by atoms with Crippen molar-refractivity contribution in [2.45, 2.75) is 19.8 Å². The topological polar surface area (TPSA) is 85.8 Å². The molecule has 1 aromatic carbocycles. The standard InChI is InChI=1S/C15H15N5O2/c1-10(2)13-7-14(22-19-13)15(21)18-11-3-5-12(6-4-11)20-8-16-17-9-20/h3-10H,1-2H3,(H,18,21). The summed E-state index contributed by atoms with van der Waals surface area (Å²) in [5.41, 5.74) is 2.34. The monoisotopic (exact) mass is 297 g/mol. The number of hydrogen-bond acceptors (Lipinski definition) is 5. The van der Waals surface area contributed by atoms with E-state index in [4.69, 9.17) is 4.52 Å². The summed E-state index contributed by atoms with van der Waals surface area (Å²) >= 11 is 0. The highest BCUT2D eigenvalue weighted by Gasteiger charge is 2.14. The van der Waals surface area contributed by atoms with Crippen molar-refractivity contribution in [1.29, 1.82) is 0 Å². The van der Waals surface area contributed by atoms with Gasteiger partial charge in [-0.2, -0.15) is 0 Å². The number of amides is 1. The van der Waals surface area contributed by atoms with E-state index in [0.717, 1.165) is 11.4 Å². The second-order valence-corrected chi connectivity index (χ2v) is 5.14. The van der Waals surface area contributed by atoms with Crippen molar-refractivity contribution in [2.75, 3.05) is 5.32 Å². The first-order chi connectivity index (χ1) is 10.6. The fourth-order valence-electron chi connectivity index (χ4n) is 1.91. The summed E-state index contributed by atoms with van der Waals surface area (Å²) in [6, 6.07) is 8.98. The lowest BCUT2D eigenvalue weighted by Gasteiger charge is -2.05. The highest BCUT2D eigenvalue weighted by atomic mass is 16.5. The maximum Gasteiger partial charge on any atom is 0.294 e. The van der Waals surface area contributed by atoms with Crippen LogP contribution in [0.4, 0.5) is 5.69 Å². The fourth-order valence-corrected chi connectivity index (χ4v) is 1.91. The molecule has 1 N–H and O–H groups in total. The van der Waals surface area contributed by atoms with Gasteiger partial charge in [0.15, 0.2) is 0 Å². The molecule has 22 heavy (non-hydrogen) atoms. The maximum atomic E-state index is 12.1. The summed E-state index contributed by atoms with van der Waals surface area (Å²) in [7, 11) is 0.